The van der Waals surface area contributed by atoms with E-state index in [-0.39, 0.29) is 11.5 Å². The number of aromatic amines is 1. The van der Waals surface area contributed by atoms with Crippen molar-refractivity contribution in [3.05, 3.63) is 92.5 Å². The Labute approximate surface area is 210 Å². The minimum absolute atomic E-state index is 0.0291. The lowest BCUT2D eigenvalue weighted by Gasteiger charge is -2.60. The summed E-state index contributed by atoms with van der Waals surface area (Å²) >= 11 is 6.25. The molecule has 1 aromatic heterocycles. The van der Waals surface area contributed by atoms with Crippen molar-refractivity contribution in [1.82, 2.24) is 9.78 Å². The molecule has 0 radical (unpaired) electrons. The second kappa shape index (κ2) is 8.40. The lowest BCUT2D eigenvalue weighted by molar-refractivity contribution is -0.543. The van der Waals surface area contributed by atoms with Gasteiger partial charge in [-0.1, -0.05) is 63.6 Å². The molecule has 2 atom stereocenters. The largest absolute Gasteiger partial charge is 0.851 e. The second-order valence-electron chi connectivity index (χ2n) is 10.5. The Balaban J connectivity index is 1.51. The normalized spacial score (nSPS) is 26.3. The Kier molecular flexibility index (Phi) is 5.74. The number of allylic oxidation sites excluding steroid dienone is 1. The number of likely N-dealkylation sites (N-methyl/N-ethyl adjacent to an activating group) is 1. The van der Waals surface area contributed by atoms with Gasteiger partial charge in [0.15, 0.2) is 0 Å². The van der Waals surface area contributed by atoms with E-state index >= 15 is 0 Å². The van der Waals surface area contributed by atoms with Gasteiger partial charge in [0.2, 0.25) is 0 Å². The Morgan fingerprint density at radius 1 is 1.09 bits per heavy atom. The fraction of sp³-hybridized carbons (Fsp3) is 0.393. The number of benzene rings is 2. The quantitative estimate of drug-likeness (QED) is 0.605. The van der Waals surface area contributed by atoms with Crippen LogP contribution in [0.5, 0.6) is 0 Å². The number of anilines is 1. The van der Waals surface area contributed by atoms with E-state index in [1.165, 1.54) is 4.68 Å². The first-order chi connectivity index (χ1) is 16.5. The molecule has 0 spiro atoms. The number of hydrogen-bond acceptors (Lipinski definition) is 4. The van der Waals surface area contributed by atoms with Crippen LogP contribution in [0.3, 0.4) is 0 Å². The van der Waals surface area contributed by atoms with Gasteiger partial charge < -0.3 is 15.1 Å². The fourth-order valence-corrected chi connectivity index (χ4v) is 5.88. The minimum Gasteiger partial charge on any atom is -0.851 e. The topological polar surface area (TPSA) is 87.1 Å². The molecule has 0 bridgehead atoms. The van der Waals surface area contributed by atoms with Crippen molar-refractivity contribution in [2.45, 2.75) is 57.2 Å². The summed E-state index contributed by atoms with van der Waals surface area (Å²) in [6.45, 7) is 8.07. The van der Waals surface area contributed by atoms with Crippen LogP contribution in [0.15, 0.2) is 65.1 Å². The van der Waals surface area contributed by atoms with Crippen molar-refractivity contribution in [1.29, 1.82) is 0 Å². The van der Waals surface area contributed by atoms with Crippen molar-refractivity contribution < 1.29 is 10.2 Å². The molecule has 1 aliphatic carbocycles. The zero-order valence-electron chi connectivity index (χ0n) is 20.6. The number of aromatic nitrogens is 2. The Bertz CT molecular complexity index is 1350. The summed E-state index contributed by atoms with van der Waals surface area (Å²) in [5.41, 5.74) is 3.99. The molecule has 5 rings (SSSR count). The summed E-state index contributed by atoms with van der Waals surface area (Å²) in [5.74, 6) is -1.62. The van der Waals surface area contributed by atoms with Gasteiger partial charge in [-0.25, -0.2) is 4.68 Å². The van der Waals surface area contributed by atoms with Crippen molar-refractivity contribution in [2.24, 2.45) is 5.92 Å². The SMILES string of the molecule is CC(C)c1[nH]n(-c2ccccc2)c(=O)c1C1C([O-])C(/C=C2/N(C)c3ccc(Cl)cc3C2(C)C)C1[O-]. The molecule has 2 aromatic carbocycles. The van der Waals surface area contributed by atoms with Gasteiger partial charge in [-0.3, -0.25) is 9.89 Å². The van der Waals surface area contributed by atoms with Crippen LogP contribution in [-0.2, 0) is 5.41 Å². The maximum atomic E-state index is 13.5. The van der Waals surface area contributed by atoms with E-state index in [1.54, 1.807) is 0 Å². The Hall–Kier alpha value is -2.80. The first-order valence-corrected chi connectivity index (χ1v) is 12.4. The second-order valence-corrected chi connectivity index (χ2v) is 10.9. The third-order valence-corrected chi connectivity index (χ3v) is 7.93. The number of hydrogen-bond donors (Lipinski definition) is 1. The van der Waals surface area contributed by atoms with Gasteiger partial charge in [-0.05, 0) is 53.6 Å². The number of rotatable bonds is 4. The van der Waals surface area contributed by atoms with Crippen molar-refractivity contribution >= 4 is 17.3 Å². The molecule has 1 N–H and O–H groups in total. The Morgan fingerprint density at radius 2 is 1.74 bits per heavy atom. The molecule has 184 valence electrons. The highest BCUT2D eigenvalue weighted by Crippen LogP contribution is 2.50. The molecule has 0 saturated heterocycles. The van der Waals surface area contributed by atoms with E-state index in [0.717, 1.165) is 16.9 Å². The molecule has 3 aromatic rings. The van der Waals surface area contributed by atoms with Crippen LogP contribution in [0, 0.1) is 5.92 Å². The van der Waals surface area contributed by atoms with Gasteiger partial charge >= 0.3 is 0 Å². The molecule has 7 heteroatoms. The van der Waals surface area contributed by atoms with Crippen LogP contribution in [0.2, 0.25) is 5.02 Å². The number of nitrogens with one attached hydrogen (secondary N) is 1. The monoisotopic (exact) mass is 491 g/mol. The average molecular weight is 492 g/mol. The van der Waals surface area contributed by atoms with Crippen molar-refractivity contribution in [3.8, 4) is 5.69 Å². The highest BCUT2D eigenvalue weighted by atomic mass is 35.5. The average Bonchev–Trinajstić information content (AvgIpc) is 3.24. The number of H-pyrrole nitrogens is 1. The van der Waals surface area contributed by atoms with Crippen molar-refractivity contribution in [3.63, 3.8) is 0 Å². The summed E-state index contributed by atoms with van der Waals surface area (Å²) in [5, 5.41) is 30.9. The summed E-state index contributed by atoms with van der Waals surface area (Å²) < 4.78 is 1.45. The van der Waals surface area contributed by atoms with E-state index in [9.17, 15) is 15.0 Å². The summed E-state index contributed by atoms with van der Waals surface area (Å²) in [7, 11) is 1.95. The molecule has 2 heterocycles. The molecule has 1 saturated carbocycles. The van der Waals surface area contributed by atoms with E-state index < -0.39 is 29.5 Å². The van der Waals surface area contributed by atoms with Crippen molar-refractivity contribution in [2.75, 3.05) is 11.9 Å². The molecule has 0 amide bonds. The molecule has 1 aliphatic heterocycles. The number of nitrogens with zero attached hydrogens (tertiary/aromatic N) is 2. The number of halogens is 1. The van der Waals surface area contributed by atoms with Gasteiger partial charge in [0.25, 0.3) is 5.56 Å². The molecule has 35 heavy (non-hydrogen) atoms. The lowest BCUT2D eigenvalue weighted by atomic mass is 9.64. The summed E-state index contributed by atoms with van der Waals surface area (Å²) in [6, 6.07) is 15.0. The number of fused-ring (bicyclic) bond motifs is 1. The van der Waals surface area contributed by atoms with Gasteiger partial charge in [-0.2, -0.15) is 0 Å². The zero-order chi connectivity index (χ0) is 25.2. The van der Waals surface area contributed by atoms with Crippen LogP contribution in [0.1, 0.15) is 56.4 Å². The minimum atomic E-state index is -1.19. The first-order valence-electron chi connectivity index (χ1n) is 12.0. The lowest BCUT2D eigenvalue weighted by Crippen LogP contribution is -2.65. The molecular weight excluding hydrogens is 462 g/mol. The van der Waals surface area contributed by atoms with Gasteiger partial charge in [0, 0.05) is 40.1 Å². The fourth-order valence-electron chi connectivity index (χ4n) is 5.70. The third-order valence-electron chi connectivity index (χ3n) is 7.69. The number of para-hydroxylation sites is 1. The smallest absolute Gasteiger partial charge is 0.274 e. The zero-order valence-corrected chi connectivity index (χ0v) is 21.3. The van der Waals surface area contributed by atoms with Gasteiger partial charge in [0.1, 0.15) is 0 Å². The molecule has 6 nitrogen and oxygen atoms in total. The van der Waals surface area contributed by atoms with E-state index in [1.807, 2.05) is 80.4 Å². The van der Waals surface area contributed by atoms with Crippen LogP contribution in [0.25, 0.3) is 5.69 Å². The summed E-state index contributed by atoms with van der Waals surface area (Å²) in [6.07, 6.45) is -0.532. The van der Waals surface area contributed by atoms with Gasteiger partial charge in [0.05, 0.1) is 5.69 Å². The van der Waals surface area contributed by atoms with Crippen LogP contribution in [-0.4, -0.2) is 29.0 Å². The first kappa shape index (κ1) is 23.9. The predicted octanol–water partition coefficient (Wildman–Crippen LogP) is 3.43. The van der Waals surface area contributed by atoms with Gasteiger partial charge in [-0.15, -0.1) is 12.2 Å². The molecular formula is C28H30ClN3O3-2. The standard InChI is InChI=1S/C28H30ClN3O3/c1-15(2)24-22(27(35)32(30-24)17-9-7-6-8-10-17)23-25(33)18(26(23)34)14-21-28(3,4)19-13-16(29)11-12-20(19)31(21)5/h6-15,18,23,25-26,30H,1-5H3/q-2/b21-14+. The maximum absolute atomic E-state index is 13.5. The van der Waals surface area contributed by atoms with Crippen LogP contribution in [0.4, 0.5) is 5.69 Å². The molecule has 1 fully saturated rings. The summed E-state index contributed by atoms with van der Waals surface area (Å²) in [4.78, 5) is 15.5. The van der Waals surface area contributed by atoms with Crippen LogP contribution >= 0.6 is 11.6 Å². The van der Waals surface area contributed by atoms with E-state index in [0.29, 0.717) is 22.0 Å². The highest BCUT2D eigenvalue weighted by molar-refractivity contribution is 6.30. The Morgan fingerprint density at radius 3 is 2.37 bits per heavy atom. The highest BCUT2D eigenvalue weighted by Gasteiger charge is 2.44. The van der Waals surface area contributed by atoms with E-state index in [2.05, 4.69) is 18.9 Å². The third kappa shape index (κ3) is 3.58. The van der Waals surface area contributed by atoms with E-state index in [4.69, 9.17) is 11.6 Å². The van der Waals surface area contributed by atoms with Crippen LogP contribution < -0.4 is 20.7 Å². The maximum Gasteiger partial charge on any atom is 0.274 e. The molecule has 2 unspecified atom stereocenters. The predicted molar refractivity (Wildman–Crippen MR) is 135 cm³/mol. The molecule has 2 aliphatic rings.